The number of anilines is 1. The van der Waals surface area contributed by atoms with Crippen molar-refractivity contribution in [1.29, 1.82) is 0 Å². The zero-order valence-corrected chi connectivity index (χ0v) is 11.7. The largest absolute Gasteiger partial charge is 0.493 e. The fraction of sp³-hybridized carbons (Fsp3) is 0.286. The molecule has 1 aliphatic rings. The van der Waals surface area contributed by atoms with Crippen molar-refractivity contribution in [3.8, 4) is 0 Å². The summed E-state index contributed by atoms with van der Waals surface area (Å²) in [6, 6.07) is 4.10. The third-order valence-electron chi connectivity index (χ3n) is 2.66. The number of carbonyl (C=O) groups is 2. The fourth-order valence-electron chi connectivity index (χ4n) is 1.65. The first kappa shape index (κ1) is 16.7. The lowest BCUT2D eigenvalue weighted by Crippen LogP contribution is -2.24. The lowest BCUT2D eigenvalue weighted by molar-refractivity contribution is -0.148. The summed E-state index contributed by atoms with van der Waals surface area (Å²) in [7, 11) is 0. The predicted octanol–water partition coefficient (Wildman–Crippen LogP) is 2.08. The van der Waals surface area contributed by atoms with Gasteiger partial charge in [0.05, 0.1) is 5.56 Å². The maximum atomic E-state index is 12.6. The van der Waals surface area contributed by atoms with Crippen LogP contribution in [0.2, 0.25) is 0 Å². The van der Waals surface area contributed by atoms with Gasteiger partial charge in [-0.1, -0.05) is 6.07 Å². The van der Waals surface area contributed by atoms with Crippen LogP contribution in [0, 0.1) is 0 Å². The minimum absolute atomic E-state index is 0.0580. The summed E-state index contributed by atoms with van der Waals surface area (Å²) in [4.78, 5) is 23.1. The highest BCUT2D eigenvalue weighted by Crippen LogP contribution is 2.30. The van der Waals surface area contributed by atoms with Gasteiger partial charge < -0.3 is 19.5 Å². The van der Waals surface area contributed by atoms with E-state index in [1.807, 2.05) is 0 Å². The zero-order valence-electron chi connectivity index (χ0n) is 11.7. The minimum Gasteiger partial charge on any atom is -0.493 e. The van der Waals surface area contributed by atoms with Gasteiger partial charge in [0.25, 0.3) is 5.91 Å². The van der Waals surface area contributed by atoms with Gasteiger partial charge in [-0.25, -0.2) is 4.79 Å². The van der Waals surface area contributed by atoms with E-state index in [1.54, 1.807) is 0 Å². The number of nitrogens with one attached hydrogen (secondary N) is 1. The molecule has 124 valence electrons. The van der Waals surface area contributed by atoms with Crippen molar-refractivity contribution >= 4 is 17.6 Å². The van der Waals surface area contributed by atoms with Gasteiger partial charge in [-0.15, -0.1) is 0 Å². The molecule has 1 N–H and O–H groups in total. The first-order valence-electron chi connectivity index (χ1n) is 6.45. The number of ether oxygens (including phenoxy) is 3. The molecule has 1 aromatic rings. The van der Waals surface area contributed by atoms with Crippen LogP contribution in [0.15, 0.2) is 36.3 Å². The molecule has 9 heteroatoms. The Morgan fingerprint density at radius 1 is 1.26 bits per heavy atom. The van der Waals surface area contributed by atoms with Gasteiger partial charge in [-0.3, -0.25) is 4.79 Å². The average molecular weight is 331 g/mol. The number of halogens is 3. The topological polar surface area (TPSA) is 73.9 Å². The van der Waals surface area contributed by atoms with Gasteiger partial charge in [0.15, 0.2) is 6.61 Å². The summed E-state index contributed by atoms with van der Waals surface area (Å²) in [5.74, 6) is -1.86. The van der Waals surface area contributed by atoms with Gasteiger partial charge in [-0.2, -0.15) is 13.2 Å². The quantitative estimate of drug-likeness (QED) is 0.855. The Bertz CT molecular complexity index is 627. The molecule has 0 atom stereocenters. The maximum absolute atomic E-state index is 12.6. The van der Waals surface area contributed by atoms with E-state index in [9.17, 15) is 22.8 Å². The van der Waals surface area contributed by atoms with Crippen molar-refractivity contribution in [3.63, 3.8) is 0 Å². The van der Waals surface area contributed by atoms with Crippen molar-refractivity contribution in [2.75, 3.05) is 25.1 Å². The van der Waals surface area contributed by atoms with Crippen LogP contribution in [0.5, 0.6) is 0 Å². The summed E-state index contributed by atoms with van der Waals surface area (Å²) < 4.78 is 52.1. The van der Waals surface area contributed by atoms with E-state index in [0.717, 1.165) is 24.5 Å². The SMILES string of the molecule is O=C(COC(=O)C1=COCCO1)Nc1cccc(C(F)(F)F)c1. The first-order chi connectivity index (χ1) is 10.9. The van der Waals surface area contributed by atoms with E-state index >= 15 is 0 Å². The van der Waals surface area contributed by atoms with E-state index in [2.05, 4.69) is 10.1 Å². The van der Waals surface area contributed by atoms with Gasteiger partial charge >= 0.3 is 12.1 Å². The van der Waals surface area contributed by atoms with E-state index in [1.165, 1.54) is 6.07 Å². The van der Waals surface area contributed by atoms with E-state index in [0.29, 0.717) is 6.61 Å². The van der Waals surface area contributed by atoms with Crippen molar-refractivity contribution in [3.05, 3.63) is 41.9 Å². The van der Waals surface area contributed by atoms with Gasteiger partial charge in [0.2, 0.25) is 5.76 Å². The highest BCUT2D eigenvalue weighted by molar-refractivity contribution is 5.94. The predicted molar refractivity (Wildman–Crippen MR) is 71.0 cm³/mol. The number of amides is 1. The second kappa shape index (κ2) is 7.03. The number of esters is 1. The van der Waals surface area contributed by atoms with Crippen molar-refractivity contribution in [2.24, 2.45) is 0 Å². The van der Waals surface area contributed by atoms with E-state index < -0.39 is 30.2 Å². The molecule has 0 radical (unpaired) electrons. The molecule has 2 rings (SSSR count). The lowest BCUT2D eigenvalue weighted by Gasteiger charge is -2.14. The minimum atomic E-state index is -4.52. The van der Waals surface area contributed by atoms with Crippen molar-refractivity contribution < 1.29 is 37.0 Å². The molecule has 6 nitrogen and oxygen atoms in total. The first-order valence-corrected chi connectivity index (χ1v) is 6.45. The fourth-order valence-corrected chi connectivity index (χ4v) is 1.65. The molecule has 0 fully saturated rings. The van der Waals surface area contributed by atoms with Crippen LogP contribution >= 0.6 is 0 Å². The Morgan fingerprint density at radius 3 is 2.70 bits per heavy atom. The highest BCUT2D eigenvalue weighted by Gasteiger charge is 2.30. The number of rotatable bonds is 4. The molecule has 23 heavy (non-hydrogen) atoms. The molecule has 0 unspecified atom stereocenters. The molecular formula is C14H12F3NO5. The van der Waals surface area contributed by atoms with Gasteiger partial charge in [-0.05, 0) is 18.2 Å². The summed E-state index contributed by atoms with van der Waals surface area (Å²) in [5.41, 5.74) is -0.956. The number of carbonyl (C=O) groups excluding carboxylic acids is 2. The number of alkyl halides is 3. The zero-order chi connectivity index (χ0) is 16.9. The van der Waals surface area contributed by atoms with Gasteiger partial charge in [0, 0.05) is 5.69 Å². The van der Waals surface area contributed by atoms with Crippen LogP contribution in [0.1, 0.15) is 5.56 Å². The normalized spacial score (nSPS) is 14.1. The summed E-state index contributed by atoms with van der Waals surface area (Å²) >= 11 is 0. The second-order valence-corrected chi connectivity index (χ2v) is 4.40. The molecule has 1 heterocycles. The lowest BCUT2D eigenvalue weighted by atomic mass is 10.2. The number of hydrogen-bond acceptors (Lipinski definition) is 5. The monoisotopic (exact) mass is 331 g/mol. The molecule has 0 aromatic heterocycles. The smallest absolute Gasteiger partial charge is 0.416 e. The standard InChI is InChI=1S/C14H12F3NO5/c15-14(16,17)9-2-1-3-10(6-9)18-12(19)8-23-13(20)11-7-21-4-5-22-11/h1-3,6-7H,4-5,8H2,(H,18,19). The number of benzene rings is 1. The molecule has 1 amide bonds. The molecule has 0 saturated carbocycles. The summed E-state index contributed by atoms with van der Waals surface area (Å²) in [5, 5.41) is 2.21. The molecular weight excluding hydrogens is 319 g/mol. The van der Waals surface area contributed by atoms with E-state index in [-0.39, 0.29) is 18.1 Å². The Hall–Kier alpha value is -2.71. The van der Waals surface area contributed by atoms with Crippen LogP contribution in [0.25, 0.3) is 0 Å². The van der Waals surface area contributed by atoms with Gasteiger partial charge in [0.1, 0.15) is 19.5 Å². The van der Waals surface area contributed by atoms with Crippen LogP contribution < -0.4 is 5.32 Å². The Kier molecular flexibility index (Phi) is 5.09. The molecule has 0 saturated heterocycles. The van der Waals surface area contributed by atoms with E-state index in [4.69, 9.17) is 9.47 Å². The summed E-state index contributed by atoms with van der Waals surface area (Å²) in [6.07, 6.45) is -3.45. The summed E-state index contributed by atoms with van der Waals surface area (Å²) in [6.45, 7) is -0.194. The van der Waals surface area contributed by atoms with Crippen molar-refractivity contribution in [1.82, 2.24) is 0 Å². The molecule has 0 bridgehead atoms. The molecule has 1 aliphatic heterocycles. The average Bonchev–Trinajstić information content (AvgIpc) is 2.53. The van der Waals surface area contributed by atoms with Crippen LogP contribution in [0.3, 0.4) is 0 Å². The molecule has 0 spiro atoms. The maximum Gasteiger partial charge on any atom is 0.416 e. The third-order valence-corrected chi connectivity index (χ3v) is 2.66. The second-order valence-electron chi connectivity index (χ2n) is 4.40. The Balaban J connectivity index is 1.87. The van der Waals surface area contributed by atoms with Crippen molar-refractivity contribution in [2.45, 2.75) is 6.18 Å². The van der Waals surface area contributed by atoms with Crippen LogP contribution in [-0.2, 0) is 30.0 Å². The highest BCUT2D eigenvalue weighted by atomic mass is 19.4. The molecule has 0 aliphatic carbocycles. The number of hydrogen-bond donors (Lipinski definition) is 1. The molecule has 1 aromatic carbocycles. The third kappa shape index (κ3) is 4.90. The van der Waals surface area contributed by atoms with Crippen LogP contribution in [-0.4, -0.2) is 31.7 Å². The Morgan fingerprint density at radius 2 is 2.04 bits per heavy atom. The Labute approximate surface area is 128 Å². The van der Waals surface area contributed by atoms with Crippen LogP contribution in [0.4, 0.5) is 18.9 Å².